The Morgan fingerprint density at radius 1 is 0.838 bits per heavy atom. The van der Waals surface area contributed by atoms with Gasteiger partial charge in [-0.2, -0.15) is 5.10 Å². The predicted molar refractivity (Wildman–Crippen MR) is 142 cm³/mol. The summed E-state index contributed by atoms with van der Waals surface area (Å²) in [4.78, 5) is 0. The largest absolute Gasteiger partial charge is 0.493 e. The van der Waals surface area contributed by atoms with Crippen LogP contribution in [0.1, 0.15) is 40.9 Å². The molecule has 2 aliphatic rings. The van der Waals surface area contributed by atoms with Gasteiger partial charge in [0.25, 0.3) is 0 Å². The van der Waals surface area contributed by atoms with Crippen molar-refractivity contribution in [2.75, 3.05) is 14.2 Å². The zero-order chi connectivity index (χ0) is 25.2. The van der Waals surface area contributed by atoms with Crippen molar-refractivity contribution in [1.82, 2.24) is 5.01 Å². The van der Waals surface area contributed by atoms with E-state index < -0.39 is 0 Å². The highest BCUT2D eigenvalue weighted by atomic mass is 16.5. The van der Waals surface area contributed by atoms with Crippen LogP contribution in [0.3, 0.4) is 0 Å². The van der Waals surface area contributed by atoms with Crippen molar-refractivity contribution in [3.63, 3.8) is 0 Å². The van der Waals surface area contributed by atoms with Gasteiger partial charge >= 0.3 is 0 Å². The average Bonchev–Trinajstić information content (AvgIpc) is 3.42. The lowest BCUT2D eigenvalue weighted by atomic mass is 9.96. The molecule has 4 aromatic rings. The van der Waals surface area contributed by atoms with Crippen molar-refractivity contribution in [2.24, 2.45) is 5.10 Å². The van der Waals surface area contributed by atoms with E-state index in [2.05, 4.69) is 35.3 Å². The second-order valence-corrected chi connectivity index (χ2v) is 9.07. The van der Waals surface area contributed by atoms with Crippen LogP contribution < -0.4 is 18.9 Å². The first kappa shape index (κ1) is 23.0. The fourth-order valence-electron chi connectivity index (χ4n) is 4.91. The number of benzene rings is 4. The van der Waals surface area contributed by atoms with Crippen molar-refractivity contribution >= 4 is 5.71 Å². The van der Waals surface area contributed by atoms with Crippen molar-refractivity contribution in [2.45, 2.75) is 25.3 Å². The monoisotopic (exact) mass is 492 g/mol. The fourth-order valence-corrected chi connectivity index (χ4v) is 4.91. The van der Waals surface area contributed by atoms with Crippen LogP contribution >= 0.6 is 0 Å². The van der Waals surface area contributed by atoms with Gasteiger partial charge < -0.3 is 18.9 Å². The van der Waals surface area contributed by atoms with E-state index in [9.17, 15) is 0 Å². The molecular weight excluding hydrogens is 464 g/mol. The van der Waals surface area contributed by atoms with Crippen LogP contribution in [0.15, 0.2) is 102 Å². The lowest BCUT2D eigenvalue weighted by Gasteiger charge is -2.38. The van der Waals surface area contributed by atoms with Crippen LogP contribution in [0.25, 0.3) is 0 Å². The average molecular weight is 493 g/mol. The molecule has 0 N–H and O–H groups in total. The Kier molecular flexibility index (Phi) is 6.15. The Morgan fingerprint density at radius 2 is 1.59 bits per heavy atom. The Balaban J connectivity index is 1.29. The van der Waals surface area contributed by atoms with Crippen molar-refractivity contribution in [3.8, 4) is 23.0 Å². The molecule has 4 aromatic carbocycles. The van der Waals surface area contributed by atoms with Crippen LogP contribution in [-0.4, -0.2) is 24.9 Å². The van der Waals surface area contributed by atoms with E-state index in [-0.39, 0.29) is 12.3 Å². The third-order valence-electron chi connectivity index (χ3n) is 6.83. The number of para-hydroxylation sites is 1. The highest BCUT2D eigenvalue weighted by Gasteiger charge is 2.41. The van der Waals surface area contributed by atoms with Gasteiger partial charge in [-0.15, -0.1) is 0 Å². The van der Waals surface area contributed by atoms with Crippen molar-refractivity contribution < 1.29 is 18.9 Å². The normalized spacial score (nSPS) is 17.8. The maximum atomic E-state index is 6.50. The molecule has 6 heteroatoms. The molecule has 0 saturated carbocycles. The minimum absolute atomic E-state index is 0.0760. The van der Waals surface area contributed by atoms with Crippen LogP contribution in [0.2, 0.25) is 0 Å². The third-order valence-corrected chi connectivity index (χ3v) is 6.83. The van der Waals surface area contributed by atoms with Crippen molar-refractivity contribution in [3.05, 3.63) is 119 Å². The van der Waals surface area contributed by atoms with Crippen LogP contribution in [0.4, 0.5) is 0 Å². The number of rotatable bonds is 7. The quantitative estimate of drug-likeness (QED) is 0.294. The minimum atomic E-state index is -0.347. The highest BCUT2D eigenvalue weighted by molar-refractivity contribution is 6.02. The summed E-state index contributed by atoms with van der Waals surface area (Å²) in [5.74, 6) is 3.09. The van der Waals surface area contributed by atoms with E-state index in [0.717, 1.165) is 45.9 Å². The molecule has 0 spiro atoms. The zero-order valence-electron chi connectivity index (χ0n) is 20.8. The summed E-state index contributed by atoms with van der Waals surface area (Å²) in [6, 6.07) is 32.5. The third kappa shape index (κ3) is 4.47. The van der Waals surface area contributed by atoms with Crippen LogP contribution in [-0.2, 0) is 6.61 Å². The van der Waals surface area contributed by atoms with Gasteiger partial charge in [0.15, 0.2) is 11.5 Å². The number of nitrogens with zero attached hydrogens (tertiary/aromatic N) is 2. The molecule has 0 radical (unpaired) electrons. The first-order valence-corrected chi connectivity index (χ1v) is 12.3. The Bertz CT molecular complexity index is 1420. The zero-order valence-corrected chi connectivity index (χ0v) is 20.8. The van der Waals surface area contributed by atoms with Gasteiger partial charge in [0.05, 0.1) is 26.0 Å². The molecule has 0 fully saturated rings. The van der Waals surface area contributed by atoms with Crippen LogP contribution in [0, 0.1) is 0 Å². The molecule has 0 unspecified atom stereocenters. The van der Waals surface area contributed by atoms with Gasteiger partial charge in [-0.25, -0.2) is 5.01 Å². The summed E-state index contributed by atoms with van der Waals surface area (Å²) < 4.78 is 23.4. The van der Waals surface area contributed by atoms with E-state index in [1.165, 1.54) is 0 Å². The molecule has 186 valence electrons. The number of hydrogen-bond donors (Lipinski definition) is 0. The van der Waals surface area contributed by atoms with E-state index in [4.69, 9.17) is 24.0 Å². The summed E-state index contributed by atoms with van der Waals surface area (Å²) in [6.07, 6.45) is 0.422. The van der Waals surface area contributed by atoms with E-state index in [0.29, 0.717) is 18.1 Å². The number of hydrazone groups is 1. The smallest absolute Gasteiger partial charge is 0.213 e. The van der Waals surface area contributed by atoms with Crippen LogP contribution in [0.5, 0.6) is 23.0 Å². The van der Waals surface area contributed by atoms with Gasteiger partial charge in [0.2, 0.25) is 6.23 Å². The summed E-state index contributed by atoms with van der Waals surface area (Å²) in [6.45, 7) is 0.528. The number of ether oxygens (including phenoxy) is 4. The van der Waals surface area contributed by atoms with E-state index in [1.54, 1.807) is 14.2 Å². The molecule has 2 heterocycles. The Hall–Kier alpha value is -4.45. The van der Waals surface area contributed by atoms with Gasteiger partial charge in [0.1, 0.15) is 18.1 Å². The molecule has 0 bridgehead atoms. The lowest BCUT2D eigenvalue weighted by Crippen LogP contribution is -2.33. The van der Waals surface area contributed by atoms with Gasteiger partial charge in [-0.05, 0) is 54.1 Å². The molecule has 6 nitrogen and oxygen atoms in total. The van der Waals surface area contributed by atoms with Crippen molar-refractivity contribution in [1.29, 1.82) is 0 Å². The predicted octanol–water partition coefficient (Wildman–Crippen LogP) is 6.53. The molecule has 0 aliphatic carbocycles. The maximum Gasteiger partial charge on any atom is 0.213 e. The summed E-state index contributed by atoms with van der Waals surface area (Å²) in [7, 11) is 3.29. The molecule has 37 heavy (non-hydrogen) atoms. The summed E-state index contributed by atoms with van der Waals surface area (Å²) in [5, 5.41) is 7.14. The second kappa shape index (κ2) is 9.90. The SMILES string of the molecule is COc1ccc(C2=NN3[C@H](C2)c2ccccc2O[C@H]3c2ccc(OCc3ccccc3)cc2)cc1OC. The number of hydrogen-bond acceptors (Lipinski definition) is 6. The molecule has 0 amide bonds. The van der Waals surface area contributed by atoms with Gasteiger partial charge in [-0.3, -0.25) is 0 Å². The lowest BCUT2D eigenvalue weighted by molar-refractivity contribution is -0.0190. The molecule has 0 saturated heterocycles. The number of methoxy groups -OCH3 is 2. The fraction of sp³-hybridized carbons (Fsp3) is 0.194. The Labute approximate surface area is 216 Å². The first-order chi connectivity index (χ1) is 18.2. The molecule has 2 atom stereocenters. The maximum absolute atomic E-state index is 6.50. The number of fused-ring (bicyclic) bond motifs is 3. The summed E-state index contributed by atoms with van der Waals surface area (Å²) >= 11 is 0. The molecular formula is C31H28N2O4. The van der Waals surface area contributed by atoms with E-state index in [1.807, 2.05) is 66.7 Å². The van der Waals surface area contributed by atoms with Gasteiger partial charge in [-0.1, -0.05) is 48.5 Å². The molecule has 6 rings (SSSR count). The minimum Gasteiger partial charge on any atom is -0.493 e. The second-order valence-electron chi connectivity index (χ2n) is 9.07. The van der Waals surface area contributed by atoms with E-state index >= 15 is 0 Å². The highest BCUT2D eigenvalue weighted by Crippen LogP contribution is 2.47. The molecule has 0 aromatic heterocycles. The Morgan fingerprint density at radius 3 is 2.38 bits per heavy atom. The standard InChI is InChI=1S/C31H28N2O4/c1-34-29-17-14-23(18-30(29)35-2)26-19-27-25-10-6-7-11-28(25)37-31(33(27)32-26)22-12-15-24(16-13-22)36-20-21-8-4-3-5-9-21/h3-18,27,31H,19-20H2,1-2H3/t27-,31+/m1/s1. The van der Waals surface area contributed by atoms with Gasteiger partial charge in [0, 0.05) is 23.1 Å². The molecule has 2 aliphatic heterocycles. The topological polar surface area (TPSA) is 52.5 Å². The summed E-state index contributed by atoms with van der Waals surface area (Å²) in [5.41, 5.74) is 5.28. The first-order valence-electron chi connectivity index (χ1n) is 12.3.